The highest BCUT2D eigenvalue weighted by Crippen LogP contribution is 2.19. The number of hydrazone groups is 1. The molecule has 0 aliphatic rings. The number of para-hydroxylation sites is 1. The van der Waals surface area contributed by atoms with E-state index in [1.807, 2.05) is 32.0 Å². The Morgan fingerprint density at radius 1 is 1.20 bits per heavy atom. The number of hydrogen-bond acceptors (Lipinski definition) is 4. The lowest BCUT2D eigenvalue weighted by atomic mass is 10.1. The molecular weight excluding hydrogens is 338 g/mol. The van der Waals surface area contributed by atoms with Crippen molar-refractivity contribution in [2.75, 3.05) is 11.9 Å². The molecule has 0 amide bonds. The summed E-state index contributed by atoms with van der Waals surface area (Å²) in [5.74, 6) is -0.528. The zero-order valence-electron chi connectivity index (χ0n) is 13.9. The molecule has 6 nitrogen and oxygen atoms in total. The summed E-state index contributed by atoms with van der Waals surface area (Å²) in [6.07, 6.45) is 1.61. The molecule has 0 fully saturated rings. The van der Waals surface area contributed by atoms with E-state index in [1.54, 1.807) is 30.5 Å². The number of aryl methyl sites for hydroxylation is 2. The van der Waals surface area contributed by atoms with Gasteiger partial charge in [0, 0.05) is 5.69 Å². The minimum absolute atomic E-state index is 0.368. The molecule has 7 heteroatoms. The number of carboxylic acid groups (broad SMARTS) is 1. The van der Waals surface area contributed by atoms with Crippen molar-refractivity contribution in [1.29, 1.82) is 0 Å². The normalized spacial score (nSPS) is 10.5. The van der Waals surface area contributed by atoms with Crippen LogP contribution in [-0.2, 0) is 4.79 Å². The van der Waals surface area contributed by atoms with E-state index in [0.29, 0.717) is 10.9 Å². The van der Waals surface area contributed by atoms with Crippen molar-refractivity contribution in [2.24, 2.45) is 5.10 Å². The minimum atomic E-state index is -1.01. The van der Waals surface area contributed by atoms with Crippen LogP contribution in [0.3, 0.4) is 0 Å². The van der Waals surface area contributed by atoms with E-state index in [0.717, 1.165) is 22.4 Å². The highest BCUT2D eigenvalue weighted by atomic mass is 32.1. The zero-order valence-corrected chi connectivity index (χ0v) is 14.8. The van der Waals surface area contributed by atoms with Gasteiger partial charge in [0.1, 0.15) is 5.75 Å². The van der Waals surface area contributed by atoms with E-state index in [9.17, 15) is 4.79 Å². The second kappa shape index (κ2) is 8.79. The molecule has 2 rings (SSSR count). The van der Waals surface area contributed by atoms with E-state index in [1.165, 1.54) is 0 Å². The Bertz CT molecular complexity index is 768. The third-order valence-corrected chi connectivity index (χ3v) is 3.54. The maximum absolute atomic E-state index is 10.4. The predicted octanol–water partition coefficient (Wildman–Crippen LogP) is 3.09. The van der Waals surface area contributed by atoms with E-state index >= 15 is 0 Å². The zero-order chi connectivity index (χ0) is 18.2. The number of carbonyl (C=O) groups is 1. The molecule has 0 atom stereocenters. The fourth-order valence-corrected chi connectivity index (χ4v) is 2.27. The first kappa shape index (κ1) is 18.4. The van der Waals surface area contributed by atoms with Crippen molar-refractivity contribution in [2.45, 2.75) is 13.8 Å². The van der Waals surface area contributed by atoms with Crippen molar-refractivity contribution in [3.63, 3.8) is 0 Å². The first-order chi connectivity index (χ1) is 12.0. The maximum atomic E-state index is 10.4. The molecule has 0 aliphatic heterocycles. The number of nitrogens with one attached hydrogen (secondary N) is 2. The number of nitrogens with zero attached hydrogens (tertiary/aromatic N) is 1. The number of hydrogen-bond donors (Lipinski definition) is 3. The fraction of sp³-hybridized carbons (Fsp3) is 0.167. The number of thiocarbonyl (C=S) groups is 1. The van der Waals surface area contributed by atoms with Gasteiger partial charge in [-0.25, -0.2) is 4.79 Å². The molecular formula is C18H19N3O3S. The van der Waals surface area contributed by atoms with Gasteiger partial charge in [-0.15, -0.1) is 0 Å². The second-order valence-electron chi connectivity index (χ2n) is 5.34. The minimum Gasteiger partial charge on any atom is -0.482 e. The summed E-state index contributed by atoms with van der Waals surface area (Å²) in [4.78, 5) is 10.4. The van der Waals surface area contributed by atoms with Gasteiger partial charge in [0.15, 0.2) is 11.7 Å². The van der Waals surface area contributed by atoms with Crippen LogP contribution in [0.1, 0.15) is 16.7 Å². The van der Waals surface area contributed by atoms with Gasteiger partial charge < -0.3 is 15.2 Å². The number of carboxylic acids is 1. The largest absolute Gasteiger partial charge is 0.482 e. The van der Waals surface area contributed by atoms with Gasteiger partial charge >= 0.3 is 5.97 Å². The van der Waals surface area contributed by atoms with Crippen LogP contribution in [0.2, 0.25) is 0 Å². The molecule has 25 heavy (non-hydrogen) atoms. The number of benzene rings is 2. The number of aliphatic carboxylic acids is 1. The van der Waals surface area contributed by atoms with Gasteiger partial charge in [-0.2, -0.15) is 5.10 Å². The topological polar surface area (TPSA) is 83.0 Å². The molecule has 0 unspecified atom stereocenters. The molecule has 0 aliphatic carbocycles. The molecule has 2 aromatic carbocycles. The van der Waals surface area contributed by atoms with E-state index < -0.39 is 5.97 Å². The average Bonchev–Trinajstić information content (AvgIpc) is 2.57. The maximum Gasteiger partial charge on any atom is 0.341 e. The van der Waals surface area contributed by atoms with Gasteiger partial charge in [-0.1, -0.05) is 18.2 Å². The van der Waals surface area contributed by atoms with Crippen LogP contribution in [0.15, 0.2) is 47.6 Å². The predicted molar refractivity (Wildman–Crippen MR) is 102 cm³/mol. The first-order valence-corrected chi connectivity index (χ1v) is 7.97. The van der Waals surface area contributed by atoms with Crippen molar-refractivity contribution < 1.29 is 14.6 Å². The Morgan fingerprint density at radius 3 is 2.44 bits per heavy atom. The Balaban J connectivity index is 1.88. The Kier molecular flexibility index (Phi) is 6.47. The lowest BCUT2D eigenvalue weighted by Crippen LogP contribution is -2.24. The fourth-order valence-electron chi connectivity index (χ4n) is 2.11. The second-order valence-corrected chi connectivity index (χ2v) is 5.75. The monoisotopic (exact) mass is 357 g/mol. The summed E-state index contributed by atoms with van der Waals surface area (Å²) in [6.45, 7) is 3.65. The van der Waals surface area contributed by atoms with Gasteiger partial charge in [-0.05, 0) is 67.0 Å². The quantitative estimate of drug-likeness (QED) is 0.419. The standard InChI is InChI=1S/C18H19N3O3S/c1-12-4-3-5-13(2)17(12)20-18(25)21-19-10-14-6-8-15(9-7-14)24-11-16(22)23/h3-10H,11H2,1-2H3,(H,22,23)(H2,20,21,25)/b19-10-. The number of anilines is 1. The molecule has 0 aromatic heterocycles. The van der Waals surface area contributed by atoms with Crippen molar-refractivity contribution in [3.8, 4) is 5.75 Å². The third kappa shape index (κ3) is 5.89. The van der Waals surface area contributed by atoms with Crippen LogP contribution in [0.4, 0.5) is 5.69 Å². The highest BCUT2D eigenvalue weighted by molar-refractivity contribution is 7.80. The number of ether oxygens (including phenoxy) is 1. The van der Waals surface area contributed by atoms with Crippen LogP contribution < -0.4 is 15.5 Å². The van der Waals surface area contributed by atoms with Crippen LogP contribution in [0.25, 0.3) is 0 Å². The Morgan fingerprint density at radius 2 is 1.84 bits per heavy atom. The van der Waals surface area contributed by atoms with Crippen LogP contribution in [0.5, 0.6) is 5.75 Å². The molecule has 0 heterocycles. The molecule has 0 bridgehead atoms. The third-order valence-electron chi connectivity index (χ3n) is 3.34. The lowest BCUT2D eigenvalue weighted by molar-refractivity contribution is -0.139. The average molecular weight is 357 g/mol. The van der Waals surface area contributed by atoms with Crippen molar-refractivity contribution >= 4 is 35.2 Å². The highest BCUT2D eigenvalue weighted by Gasteiger charge is 2.03. The van der Waals surface area contributed by atoms with Crippen LogP contribution >= 0.6 is 12.2 Å². The molecule has 130 valence electrons. The summed E-state index contributed by atoms with van der Waals surface area (Å²) >= 11 is 5.24. The van der Waals surface area contributed by atoms with Gasteiger partial charge in [0.25, 0.3) is 0 Å². The van der Waals surface area contributed by atoms with E-state index in [-0.39, 0.29) is 6.61 Å². The van der Waals surface area contributed by atoms with Crippen LogP contribution in [-0.4, -0.2) is 29.0 Å². The molecule has 3 N–H and O–H groups in total. The molecule has 2 aromatic rings. The summed E-state index contributed by atoms with van der Waals surface area (Å²) < 4.78 is 5.06. The SMILES string of the molecule is Cc1cccc(C)c1NC(=S)N/N=C\c1ccc(OCC(=O)O)cc1. The molecule has 0 radical (unpaired) electrons. The molecule has 0 saturated heterocycles. The Labute approximate surface area is 151 Å². The van der Waals surface area contributed by atoms with E-state index in [2.05, 4.69) is 15.8 Å². The van der Waals surface area contributed by atoms with Gasteiger partial charge in [0.05, 0.1) is 6.21 Å². The van der Waals surface area contributed by atoms with Crippen LogP contribution in [0, 0.1) is 13.8 Å². The summed E-state index contributed by atoms with van der Waals surface area (Å²) in [5, 5.41) is 16.2. The van der Waals surface area contributed by atoms with Crippen molar-refractivity contribution in [1.82, 2.24) is 5.43 Å². The smallest absolute Gasteiger partial charge is 0.341 e. The van der Waals surface area contributed by atoms with Crippen molar-refractivity contribution in [3.05, 3.63) is 59.2 Å². The molecule has 0 spiro atoms. The lowest BCUT2D eigenvalue weighted by Gasteiger charge is -2.12. The van der Waals surface area contributed by atoms with Gasteiger partial charge in [0.2, 0.25) is 0 Å². The summed E-state index contributed by atoms with van der Waals surface area (Å²) in [5.41, 5.74) is 6.77. The summed E-state index contributed by atoms with van der Waals surface area (Å²) in [6, 6.07) is 12.9. The van der Waals surface area contributed by atoms with E-state index in [4.69, 9.17) is 22.1 Å². The Hall–Kier alpha value is -2.93. The van der Waals surface area contributed by atoms with Gasteiger partial charge in [-0.3, -0.25) is 5.43 Å². The number of rotatable bonds is 6. The first-order valence-electron chi connectivity index (χ1n) is 7.56. The molecule has 0 saturated carbocycles. The summed E-state index contributed by atoms with van der Waals surface area (Å²) in [7, 11) is 0.